The molecule has 8 heteroatoms. The van der Waals surface area contributed by atoms with Crippen LogP contribution in [0.2, 0.25) is 0 Å². The van der Waals surface area contributed by atoms with Gasteiger partial charge in [0.15, 0.2) is 5.82 Å². The van der Waals surface area contributed by atoms with Gasteiger partial charge in [-0.05, 0) is 50.8 Å². The summed E-state index contributed by atoms with van der Waals surface area (Å²) >= 11 is 1.84. The monoisotopic (exact) mass is 440 g/mol. The van der Waals surface area contributed by atoms with Crippen molar-refractivity contribution in [3.05, 3.63) is 18.0 Å². The molecule has 0 aromatic carbocycles. The molecule has 2 aliphatic carbocycles. The minimum absolute atomic E-state index is 0.434. The molecule has 0 unspecified atom stereocenters. The topological polar surface area (TPSA) is 66.4 Å². The molecule has 4 fully saturated rings. The molecule has 31 heavy (non-hydrogen) atoms. The lowest BCUT2D eigenvalue weighted by atomic mass is 9.62. The average Bonchev–Trinajstić information content (AvgIpc) is 3.58. The van der Waals surface area contributed by atoms with Crippen LogP contribution in [0.1, 0.15) is 50.1 Å². The number of aromatic nitrogens is 3. The number of nitrogens with one attached hydrogen (secondary N) is 1. The summed E-state index contributed by atoms with van der Waals surface area (Å²) < 4.78 is 7.95. The Morgan fingerprint density at radius 2 is 1.90 bits per heavy atom. The highest BCUT2D eigenvalue weighted by Gasteiger charge is 2.53. The van der Waals surface area contributed by atoms with Crippen LogP contribution in [-0.2, 0) is 4.74 Å². The Bertz CT molecular complexity index is 960. The van der Waals surface area contributed by atoms with Gasteiger partial charge in [0.2, 0.25) is 5.95 Å². The van der Waals surface area contributed by atoms with E-state index >= 15 is 0 Å². The number of hydrogen-bond donors (Lipinski definition) is 1. The van der Waals surface area contributed by atoms with Gasteiger partial charge in [-0.2, -0.15) is 0 Å². The number of ether oxygens (including phenoxy) is 1. The van der Waals surface area contributed by atoms with E-state index in [0.717, 1.165) is 61.7 Å². The second-order valence-corrected chi connectivity index (χ2v) is 10.8. The molecule has 166 valence electrons. The molecule has 7 nitrogen and oxygen atoms in total. The number of nitrogens with zero attached hydrogens (tertiary/aromatic N) is 5. The van der Waals surface area contributed by atoms with E-state index in [1.54, 1.807) is 0 Å². The van der Waals surface area contributed by atoms with Crippen LogP contribution in [0.4, 0.5) is 11.8 Å². The van der Waals surface area contributed by atoms with Crippen LogP contribution < -0.4 is 10.2 Å². The SMILES string of the molecule is COC1CC2(C1)CN(c1nc(C3CC3)cc3cnc(NC4CCN(SC)CC4)nc13)C2. The molecular weight excluding hydrogens is 408 g/mol. The predicted octanol–water partition coefficient (Wildman–Crippen LogP) is 3.67. The number of anilines is 2. The van der Waals surface area contributed by atoms with Crippen molar-refractivity contribution in [2.45, 2.75) is 56.6 Å². The van der Waals surface area contributed by atoms with Crippen LogP contribution in [0.3, 0.4) is 0 Å². The van der Waals surface area contributed by atoms with Crippen molar-refractivity contribution in [2.24, 2.45) is 5.41 Å². The number of hydrogen-bond acceptors (Lipinski definition) is 8. The lowest BCUT2D eigenvalue weighted by Crippen LogP contribution is -2.64. The fourth-order valence-electron chi connectivity index (χ4n) is 5.53. The number of piperidine rings is 1. The van der Waals surface area contributed by atoms with Gasteiger partial charge in [0.05, 0.1) is 6.10 Å². The Hall–Kier alpha value is -1.64. The molecule has 0 bridgehead atoms. The molecule has 2 aliphatic heterocycles. The Labute approximate surface area is 188 Å². The van der Waals surface area contributed by atoms with Crippen molar-refractivity contribution in [1.82, 2.24) is 19.3 Å². The molecule has 4 aliphatic rings. The highest BCUT2D eigenvalue weighted by Crippen LogP contribution is 2.51. The van der Waals surface area contributed by atoms with E-state index in [1.807, 2.05) is 25.3 Å². The van der Waals surface area contributed by atoms with Gasteiger partial charge in [0.25, 0.3) is 0 Å². The standard InChI is InChI=1S/C23H32N6OS/c1-30-18-10-23(11-18)13-28(14-23)21-20-16(9-19(26-21)15-3-4-15)12-24-22(27-20)25-17-5-7-29(31-2)8-6-17/h9,12,15,17-18H,3-8,10-11,13-14H2,1-2H3,(H,24,25,27). The third-order valence-electron chi connectivity index (χ3n) is 7.62. The molecule has 1 spiro atoms. The fraction of sp³-hybridized carbons (Fsp3) is 0.696. The van der Waals surface area contributed by atoms with E-state index in [2.05, 4.69) is 31.8 Å². The van der Waals surface area contributed by atoms with Crippen LogP contribution in [0.5, 0.6) is 0 Å². The van der Waals surface area contributed by atoms with Gasteiger partial charge >= 0.3 is 0 Å². The Kier molecular flexibility index (Phi) is 5.00. The summed E-state index contributed by atoms with van der Waals surface area (Å²) in [6, 6.07) is 2.66. The summed E-state index contributed by atoms with van der Waals surface area (Å²) in [5.74, 6) is 2.43. The molecule has 0 radical (unpaired) electrons. The van der Waals surface area contributed by atoms with Gasteiger partial charge in [-0.1, -0.05) is 11.9 Å². The zero-order chi connectivity index (χ0) is 21.0. The second-order valence-electron chi connectivity index (χ2n) is 9.93. The van der Waals surface area contributed by atoms with E-state index in [4.69, 9.17) is 14.7 Å². The molecule has 4 heterocycles. The van der Waals surface area contributed by atoms with Crippen LogP contribution in [0.25, 0.3) is 10.9 Å². The largest absolute Gasteiger partial charge is 0.381 e. The molecular formula is C23H32N6OS. The maximum Gasteiger partial charge on any atom is 0.223 e. The Balaban J connectivity index is 1.24. The minimum atomic E-state index is 0.434. The van der Waals surface area contributed by atoms with Crippen molar-refractivity contribution < 1.29 is 4.74 Å². The molecule has 2 aromatic rings. The average molecular weight is 441 g/mol. The first-order valence-corrected chi connectivity index (χ1v) is 12.8. The van der Waals surface area contributed by atoms with Crippen LogP contribution >= 0.6 is 11.9 Å². The van der Waals surface area contributed by atoms with Crippen LogP contribution in [-0.4, -0.2) is 70.9 Å². The van der Waals surface area contributed by atoms with Gasteiger partial charge < -0.3 is 15.0 Å². The Morgan fingerprint density at radius 1 is 1.13 bits per heavy atom. The van der Waals surface area contributed by atoms with E-state index < -0.39 is 0 Å². The summed E-state index contributed by atoms with van der Waals surface area (Å²) in [5, 5.41) is 4.72. The van der Waals surface area contributed by atoms with Crippen molar-refractivity contribution in [2.75, 3.05) is 49.8 Å². The first kappa shape index (κ1) is 20.0. The third kappa shape index (κ3) is 3.76. The van der Waals surface area contributed by atoms with Gasteiger partial charge in [-0.3, -0.25) is 4.31 Å². The summed E-state index contributed by atoms with van der Waals surface area (Å²) in [4.78, 5) is 17.2. The maximum absolute atomic E-state index is 5.52. The quantitative estimate of drug-likeness (QED) is 0.683. The van der Waals surface area contributed by atoms with Gasteiger partial charge in [-0.25, -0.2) is 15.0 Å². The van der Waals surface area contributed by atoms with Crippen molar-refractivity contribution in [3.63, 3.8) is 0 Å². The van der Waals surface area contributed by atoms with Gasteiger partial charge in [0, 0.05) is 67.9 Å². The van der Waals surface area contributed by atoms with E-state index in [0.29, 0.717) is 23.5 Å². The van der Waals surface area contributed by atoms with Gasteiger partial charge in [-0.15, -0.1) is 0 Å². The van der Waals surface area contributed by atoms with E-state index in [1.165, 1.54) is 31.4 Å². The summed E-state index contributed by atoms with van der Waals surface area (Å²) in [6.45, 7) is 4.37. The van der Waals surface area contributed by atoms with Crippen molar-refractivity contribution in [1.29, 1.82) is 0 Å². The smallest absolute Gasteiger partial charge is 0.223 e. The van der Waals surface area contributed by atoms with Crippen LogP contribution in [0, 0.1) is 5.41 Å². The number of rotatable bonds is 6. The first-order chi connectivity index (χ1) is 15.1. The summed E-state index contributed by atoms with van der Waals surface area (Å²) in [6.07, 6.45) is 11.7. The third-order valence-corrected chi connectivity index (χ3v) is 8.50. The van der Waals surface area contributed by atoms with E-state index in [-0.39, 0.29) is 0 Å². The lowest BCUT2D eigenvalue weighted by Gasteiger charge is -2.59. The van der Waals surface area contributed by atoms with Gasteiger partial charge in [0.1, 0.15) is 5.52 Å². The normalized spacial score (nSPS) is 24.4. The predicted molar refractivity (Wildman–Crippen MR) is 126 cm³/mol. The highest BCUT2D eigenvalue weighted by atomic mass is 32.2. The first-order valence-electron chi connectivity index (χ1n) is 11.7. The Morgan fingerprint density at radius 3 is 2.58 bits per heavy atom. The fourth-order valence-corrected chi connectivity index (χ4v) is 6.11. The molecule has 2 saturated heterocycles. The molecule has 0 atom stereocenters. The molecule has 1 N–H and O–H groups in total. The second kappa shape index (κ2) is 7.74. The molecule has 2 saturated carbocycles. The zero-order valence-corrected chi connectivity index (χ0v) is 19.3. The molecule has 2 aromatic heterocycles. The zero-order valence-electron chi connectivity index (χ0n) is 18.5. The van der Waals surface area contributed by atoms with E-state index in [9.17, 15) is 0 Å². The highest BCUT2D eigenvalue weighted by molar-refractivity contribution is 7.96. The summed E-state index contributed by atoms with van der Waals surface area (Å²) in [7, 11) is 1.83. The van der Waals surface area contributed by atoms with Crippen molar-refractivity contribution >= 4 is 34.6 Å². The minimum Gasteiger partial charge on any atom is -0.381 e. The maximum atomic E-state index is 5.52. The molecule has 0 amide bonds. The van der Waals surface area contributed by atoms with Crippen LogP contribution in [0.15, 0.2) is 12.3 Å². The summed E-state index contributed by atoms with van der Waals surface area (Å²) in [5.41, 5.74) is 2.66. The number of methoxy groups -OCH3 is 1. The lowest BCUT2D eigenvalue weighted by molar-refractivity contribution is -0.0732. The number of fused-ring (bicyclic) bond motifs is 1. The number of pyridine rings is 1. The van der Waals surface area contributed by atoms with Crippen molar-refractivity contribution in [3.8, 4) is 0 Å². The molecule has 6 rings (SSSR count).